The van der Waals surface area contributed by atoms with Gasteiger partial charge in [0.2, 0.25) is 0 Å². The Morgan fingerprint density at radius 3 is 2.87 bits per heavy atom. The molecule has 0 aliphatic carbocycles. The zero-order chi connectivity index (χ0) is 16.2. The van der Waals surface area contributed by atoms with Crippen molar-refractivity contribution in [2.24, 2.45) is 0 Å². The summed E-state index contributed by atoms with van der Waals surface area (Å²) in [4.78, 5) is 21.5. The summed E-state index contributed by atoms with van der Waals surface area (Å²) in [7, 11) is 0. The molecule has 3 rings (SSSR count). The highest BCUT2D eigenvalue weighted by Gasteiger charge is 2.15. The summed E-state index contributed by atoms with van der Waals surface area (Å²) in [5.41, 5.74) is 2.15. The van der Waals surface area contributed by atoms with E-state index in [1.54, 1.807) is 0 Å². The molecule has 0 unspecified atom stereocenters. The second kappa shape index (κ2) is 6.99. The predicted molar refractivity (Wildman–Crippen MR) is 91.3 cm³/mol. The Balaban J connectivity index is 2.00. The highest BCUT2D eigenvalue weighted by atomic mass is 32.2. The van der Waals surface area contributed by atoms with E-state index in [-0.39, 0.29) is 11.1 Å². The van der Waals surface area contributed by atoms with Crippen LogP contribution in [0.3, 0.4) is 0 Å². The van der Waals surface area contributed by atoms with Gasteiger partial charge in [0.15, 0.2) is 5.16 Å². The molecule has 118 valence electrons. The minimum Gasteiger partial charge on any atom is -0.300 e. The van der Waals surface area contributed by atoms with Gasteiger partial charge in [-0.25, -0.2) is 4.98 Å². The minimum atomic E-state index is -0.383. The molecule has 0 radical (unpaired) electrons. The highest BCUT2D eigenvalue weighted by Crippen LogP contribution is 2.23. The number of nitriles is 1. The molecule has 1 aromatic carbocycles. The van der Waals surface area contributed by atoms with Crippen molar-refractivity contribution in [2.75, 3.05) is 19.3 Å². The van der Waals surface area contributed by atoms with E-state index in [4.69, 9.17) is 0 Å². The molecule has 0 atom stereocenters. The lowest BCUT2D eigenvalue weighted by Gasteiger charge is -2.15. The van der Waals surface area contributed by atoms with Crippen LogP contribution in [0.15, 0.2) is 34.2 Å². The Kier molecular flexibility index (Phi) is 4.79. The lowest BCUT2D eigenvalue weighted by molar-refractivity contribution is 0.331. The van der Waals surface area contributed by atoms with E-state index in [2.05, 4.69) is 20.9 Å². The number of hydrogen-bond donors (Lipinski definition) is 1. The van der Waals surface area contributed by atoms with Crippen LogP contribution in [0.1, 0.15) is 24.0 Å². The minimum absolute atomic E-state index is 0.0705. The molecule has 23 heavy (non-hydrogen) atoms. The molecule has 0 bridgehead atoms. The quantitative estimate of drug-likeness (QED) is 0.691. The van der Waals surface area contributed by atoms with Crippen LogP contribution in [-0.4, -0.2) is 34.2 Å². The Morgan fingerprint density at radius 1 is 1.39 bits per heavy atom. The normalized spacial score (nSPS) is 14.8. The summed E-state index contributed by atoms with van der Waals surface area (Å²) in [6.45, 7) is 3.16. The van der Waals surface area contributed by atoms with E-state index in [9.17, 15) is 10.1 Å². The van der Waals surface area contributed by atoms with Crippen molar-refractivity contribution in [3.05, 3.63) is 45.7 Å². The standard InChI is InChI=1S/C17H18N4OS/c1-23-17-19-15(14(10-18)16(22)20-17)13-6-4-5-12(9-13)11-21-7-2-3-8-21/h4-6,9H,2-3,7-8,11H2,1H3,(H,19,20,22). The fraction of sp³-hybridized carbons (Fsp3) is 0.353. The van der Waals surface area contributed by atoms with Gasteiger partial charge in [-0.1, -0.05) is 30.0 Å². The van der Waals surface area contributed by atoms with E-state index in [1.807, 2.05) is 30.5 Å². The fourth-order valence-corrected chi connectivity index (χ4v) is 3.26. The summed E-state index contributed by atoms with van der Waals surface area (Å²) in [6, 6.07) is 9.96. The SMILES string of the molecule is CSc1nc(-c2cccc(CN3CCCC3)c2)c(C#N)c(=O)[nH]1. The monoisotopic (exact) mass is 326 g/mol. The number of likely N-dealkylation sites (tertiary alicyclic amines) is 1. The second-order valence-corrected chi connectivity index (χ2v) is 6.39. The molecule has 0 amide bonds. The zero-order valence-electron chi connectivity index (χ0n) is 13.0. The molecule has 2 aromatic rings. The van der Waals surface area contributed by atoms with Crippen molar-refractivity contribution < 1.29 is 0 Å². The average molecular weight is 326 g/mol. The molecule has 0 saturated carbocycles. The van der Waals surface area contributed by atoms with Gasteiger partial charge in [0, 0.05) is 12.1 Å². The molecule has 0 spiro atoms. The Morgan fingerprint density at radius 2 is 2.17 bits per heavy atom. The molecule has 1 aromatic heterocycles. The number of nitrogens with zero attached hydrogens (tertiary/aromatic N) is 3. The predicted octanol–water partition coefficient (Wildman–Crippen LogP) is 2.63. The summed E-state index contributed by atoms with van der Waals surface area (Å²) >= 11 is 1.36. The third kappa shape index (κ3) is 3.46. The first-order chi connectivity index (χ1) is 11.2. The second-order valence-electron chi connectivity index (χ2n) is 5.59. The number of rotatable bonds is 4. The molecule has 1 aliphatic heterocycles. The van der Waals surface area contributed by atoms with Gasteiger partial charge in [-0.15, -0.1) is 0 Å². The first-order valence-electron chi connectivity index (χ1n) is 7.61. The van der Waals surface area contributed by atoms with Gasteiger partial charge in [0.25, 0.3) is 5.56 Å². The topological polar surface area (TPSA) is 72.8 Å². The van der Waals surface area contributed by atoms with E-state index >= 15 is 0 Å². The Labute approximate surface area is 139 Å². The lowest BCUT2D eigenvalue weighted by atomic mass is 10.0. The number of thioether (sulfide) groups is 1. The van der Waals surface area contributed by atoms with Gasteiger partial charge in [-0.3, -0.25) is 9.69 Å². The van der Waals surface area contributed by atoms with E-state index in [0.717, 1.165) is 25.2 Å². The zero-order valence-corrected chi connectivity index (χ0v) is 13.8. The van der Waals surface area contributed by atoms with Crippen molar-refractivity contribution >= 4 is 11.8 Å². The van der Waals surface area contributed by atoms with Crippen LogP contribution >= 0.6 is 11.8 Å². The van der Waals surface area contributed by atoms with E-state index in [1.165, 1.54) is 30.2 Å². The van der Waals surface area contributed by atoms with Crippen molar-refractivity contribution in [3.63, 3.8) is 0 Å². The Bertz CT molecular complexity index is 803. The summed E-state index contributed by atoms with van der Waals surface area (Å²) in [5.74, 6) is 0. The lowest BCUT2D eigenvalue weighted by Crippen LogP contribution is -2.18. The summed E-state index contributed by atoms with van der Waals surface area (Å²) < 4.78 is 0. The smallest absolute Gasteiger partial charge is 0.270 e. The third-order valence-corrected chi connectivity index (χ3v) is 4.59. The van der Waals surface area contributed by atoms with E-state index in [0.29, 0.717) is 10.9 Å². The maximum Gasteiger partial charge on any atom is 0.270 e. The number of benzene rings is 1. The van der Waals surface area contributed by atoms with Gasteiger partial charge in [0.1, 0.15) is 11.6 Å². The molecule has 2 heterocycles. The summed E-state index contributed by atoms with van der Waals surface area (Å²) in [6.07, 6.45) is 4.36. The summed E-state index contributed by atoms with van der Waals surface area (Å²) in [5, 5.41) is 9.82. The maximum absolute atomic E-state index is 12.0. The number of hydrogen-bond acceptors (Lipinski definition) is 5. The highest BCUT2D eigenvalue weighted by molar-refractivity contribution is 7.98. The van der Waals surface area contributed by atoms with Crippen LogP contribution in [0.25, 0.3) is 11.3 Å². The average Bonchev–Trinajstić information content (AvgIpc) is 3.07. The van der Waals surface area contributed by atoms with Gasteiger partial charge in [-0.2, -0.15) is 5.26 Å². The van der Waals surface area contributed by atoms with Gasteiger partial charge >= 0.3 is 0 Å². The first-order valence-corrected chi connectivity index (χ1v) is 8.84. The molecule has 5 nitrogen and oxygen atoms in total. The largest absolute Gasteiger partial charge is 0.300 e. The molecular formula is C17H18N4OS. The van der Waals surface area contributed by atoms with Crippen molar-refractivity contribution in [1.82, 2.24) is 14.9 Å². The molecule has 1 aliphatic rings. The van der Waals surface area contributed by atoms with Crippen LogP contribution in [0.5, 0.6) is 0 Å². The maximum atomic E-state index is 12.0. The van der Waals surface area contributed by atoms with E-state index < -0.39 is 0 Å². The van der Waals surface area contributed by atoms with Crippen LogP contribution in [-0.2, 0) is 6.54 Å². The van der Waals surface area contributed by atoms with Crippen molar-refractivity contribution in [2.45, 2.75) is 24.5 Å². The van der Waals surface area contributed by atoms with Crippen LogP contribution < -0.4 is 5.56 Å². The van der Waals surface area contributed by atoms with Gasteiger partial charge in [0.05, 0.1) is 5.69 Å². The van der Waals surface area contributed by atoms with Crippen molar-refractivity contribution in [1.29, 1.82) is 5.26 Å². The first kappa shape index (κ1) is 15.8. The van der Waals surface area contributed by atoms with Crippen LogP contribution in [0, 0.1) is 11.3 Å². The molecule has 1 saturated heterocycles. The van der Waals surface area contributed by atoms with Gasteiger partial charge < -0.3 is 4.98 Å². The van der Waals surface area contributed by atoms with Gasteiger partial charge in [-0.05, 0) is 43.8 Å². The molecule has 1 fully saturated rings. The molecular weight excluding hydrogens is 308 g/mol. The fourth-order valence-electron chi connectivity index (χ4n) is 2.88. The number of aromatic nitrogens is 2. The van der Waals surface area contributed by atoms with Crippen molar-refractivity contribution in [3.8, 4) is 17.3 Å². The van der Waals surface area contributed by atoms with Crippen LogP contribution in [0.4, 0.5) is 0 Å². The molecule has 1 N–H and O–H groups in total. The molecule has 6 heteroatoms. The third-order valence-electron chi connectivity index (χ3n) is 4.01. The Hall–Kier alpha value is -2.10. The number of nitrogens with one attached hydrogen (secondary N) is 1. The van der Waals surface area contributed by atoms with Crippen LogP contribution in [0.2, 0.25) is 0 Å². The number of aromatic amines is 1. The number of H-pyrrole nitrogens is 1.